The molecular formula is C26H58Si2. The third kappa shape index (κ3) is 12.2. The zero-order valence-corrected chi connectivity index (χ0v) is 23.1. The second kappa shape index (κ2) is 18.2. The smallest absolute Gasteiger partial charge is 0.0535 e. The Kier molecular flexibility index (Phi) is 18.5. The molecule has 0 N–H and O–H groups in total. The second-order valence-electron chi connectivity index (χ2n) is 10.1. The molecule has 0 rings (SSSR count). The van der Waals surface area contributed by atoms with Crippen molar-refractivity contribution in [3.8, 4) is 0 Å². The lowest BCUT2D eigenvalue weighted by molar-refractivity contribution is 0.616. The molecule has 0 spiro atoms. The molecule has 0 saturated heterocycles. The van der Waals surface area contributed by atoms with Gasteiger partial charge in [0.05, 0.1) is 16.1 Å². The largest absolute Gasteiger partial charge is 0.0657 e. The summed E-state index contributed by atoms with van der Waals surface area (Å²) < 4.78 is 0. The van der Waals surface area contributed by atoms with Crippen LogP contribution in [-0.4, -0.2) is 16.1 Å². The molecule has 0 aliphatic heterocycles. The third-order valence-electron chi connectivity index (χ3n) is 7.35. The Morgan fingerprint density at radius 1 is 0.286 bits per heavy atom. The predicted octanol–water partition coefficient (Wildman–Crippen LogP) is 10.7. The molecule has 0 aromatic rings. The lowest BCUT2D eigenvalue weighted by Crippen LogP contribution is -2.33. The standard InChI is InChI=1S/C26H58Si2/c1-7-19-27(20-8-2,21-9-3)25-17-15-13-14-16-18-26-28(22-10-4,23-11-5)24-12-6/h7-26H2,1-6H3. The Hall–Kier alpha value is 0.434. The molecule has 0 heterocycles. The summed E-state index contributed by atoms with van der Waals surface area (Å²) in [7, 11) is -1.84. The van der Waals surface area contributed by atoms with Gasteiger partial charge in [-0.2, -0.15) is 0 Å². The number of hydrogen-bond acceptors (Lipinski definition) is 0. The van der Waals surface area contributed by atoms with Crippen molar-refractivity contribution in [2.24, 2.45) is 0 Å². The number of hydrogen-bond donors (Lipinski definition) is 0. The van der Waals surface area contributed by atoms with Crippen molar-refractivity contribution in [1.29, 1.82) is 0 Å². The Labute approximate surface area is 183 Å². The molecule has 0 atom stereocenters. The fourth-order valence-electron chi connectivity index (χ4n) is 6.39. The predicted molar refractivity (Wildman–Crippen MR) is 139 cm³/mol. The van der Waals surface area contributed by atoms with E-state index in [0.717, 1.165) is 0 Å². The first-order valence-electron chi connectivity index (χ1n) is 13.6. The lowest BCUT2D eigenvalue weighted by Gasteiger charge is -2.32. The quantitative estimate of drug-likeness (QED) is 0.126. The maximum atomic E-state index is 2.42. The zero-order valence-electron chi connectivity index (χ0n) is 21.1. The molecule has 0 amide bonds. The van der Waals surface area contributed by atoms with Crippen LogP contribution in [0.15, 0.2) is 0 Å². The third-order valence-corrected chi connectivity index (χ3v) is 19.5. The van der Waals surface area contributed by atoms with Crippen LogP contribution in [0.4, 0.5) is 0 Å². The van der Waals surface area contributed by atoms with Crippen LogP contribution >= 0.6 is 0 Å². The molecule has 0 unspecified atom stereocenters. The Bertz CT molecular complexity index is 260. The van der Waals surface area contributed by atoms with Crippen LogP contribution in [0.25, 0.3) is 0 Å². The van der Waals surface area contributed by atoms with Gasteiger partial charge in [-0.25, -0.2) is 0 Å². The normalized spacial score (nSPS) is 12.6. The van der Waals surface area contributed by atoms with Crippen LogP contribution in [0.1, 0.15) is 119 Å². The summed E-state index contributed by atoms with van der Waals surface area (Å²) in [6, 6.07) is 12.9. The molecule has 0 saturated carbocycles. The Morgan fingerprint density at radius 3 is 0.714 bits per heavy atom. The van der Waals surface area contributed by atoms with Crippen LogP contribution in [0, 0.1) is 0 Å². The van der Waals surface area contributed by atoms with Crippen LogP contribution in [0.5, 0.6) is 0 Å². The van der Waals surface area contributed by atoms with Gasteiger partial charge in [0.1, 0.15) is 0 Å². The summed E-state index contributed by atoms with van der Waals surface area (Å²) >= 11 is 0. The van der Waals surface area contributed by atoms with Crippen molar-refractivity contribution in [1.82, 2.24) is 0 Å². The molecule has 0 aliphatic rings. The van der Waals surface area contributed by atoms with Gasteiger partial charge in [0.25, 0.3) is 0 Å². The molecule has 0 aromatic heterocycles. The molecule has 0 fully saturated rings. The summed E-state index contributed by atoms with van der Waals surface area (Å²) in [5.74, 6) is 0. The van der Waals surface area contributed by atoms with Crippen molar-refractivity contribution < 1.29 is 0 Å². The van der Waals surface area contributed by atoms with E-state index >= 15 is 0 Å². The van der Waals surface area contributed by atoms with Crippen LogP contribution in [-0.2, 0) is 0 Å². The van der Waals surface area contributed by atoms with E-state index in [2.05, 4.69) is 41.5 Å². The molecule has 0 nitrogen and oxygen atoms in total. The first-order valence-corrected chi connectivity index (χ1v) is 19.2. The van der Waals surface area contributed by atoms with Crippen molar-refractivity contribution in [3.63, 3.8) is 0 Å². The average molecular weight is 427 g/mol. The second-order valence-corrected chi connectivity index (χ2v) is 20.1. The molecular weight excluding hydrogens is 368 g/mol. The van der Waals surface area contributed by atoms with E-state index in [-0.39, 0.29) is 0 Å². The Balaban J connectivity index is 4.14. The highest BCUT2D eigenvalue weighted by atomic mass is 28.3. The fraction of sp³-hybridized carbons (Fsp3) is 1.00. The molecule has 0 bridgehead atoms. The van der Waals surface area contributed by atoms with E-state index in [0.29, 0.717) is 0 Å². The molecule has 28 heavy (non-hydrogen) atoms. The van der Waals surface area contributed by atoms with Crippen molar-refractivity contribution in [2.75, 3.05) is 0 Å². The van der Waals surface area contributed by atoms with Crippen LogP contribution in [0.3, 0.4) is 0 Å². The maximum Gasteiger partial charge on any atom is 0.0535 e. The highest BCUT2D eigenvalue weighted by Crippen LogP contribution is 2.33. The highest BCUT2D eigenvalue weighted by Gasteiger charge is 2.30. The van der Waals surface area contributed by atoms with Gasteiger partial charge < -0.3 is 0 Å². The van der Waals surface area contributed by atoms with E-state index in [1.807, 2.05) is 0 Å². The average Bonchev–Trinajstić information content (AvgIpc) is 2.65. The van der Waals surface area contributed by atoms with Gasteiger partial charge in [-0.3, -0.25) is 0 Å². The van der Waals surface area contributed by atoms with Gasteiger partial charge in [-0.15, -0.1) is 0 Å². The monoisotopic (exact) mass is 426 g/mol. The van der Waals surface area contributed by atoms with E-state index < -0.39 is 16.1 Å². The minimum Gasteiger partial charge on any atom is -0.0657 e. The molecule has 2 heteroatoms. The van der Waals surface area contributed by atoms with Crippen molar-refractivity contribution in [3.05, 3.63) is 0 Å². The van der Waals surface area contributed by atoms with E-state index in [4.69, 9.17) is 0 Å². The first-order chi connectivity index (χ1) is 13.6. The lowest BCUT2D eigenvalue weighted by atomic mass is 10.1. The zero-order chi connectivity index (χ0) is 21.1. The summed E-state index contributed by atoms with van der Waals surface area (Å²) in [6.07, 6.45) is 17.8. The van der Waals surface area contributed by atoms with Gasteiger partial charge in [0, 0.05) is 0 Å². The van der Waals surface area contributed by atoms with E-state index in [1.165, 1.54) is 64.2 Å². The highest BCUT2D eigenvalue weighted by molar-refractivity contribution is 6.80. The SMILES string of the molecule is CCC[Si](CCC)(CCC)CCCCCCCC[Si](CCC)(CCC)CCC. The summed E-state index contributed by atoms with van der Waals surface area (Å²) in [5.41, 5.74) is 0. The van der Waals surface area contributed by atoms with Crippen molar-refractivity contribution >= 4 is 16.1 Å². The summed E-state index contributed by atoms with van der Waals surface area (Å²) in [5, 5.41) is 0. The number of unbranched alkanes of at least 4 members (excludes halogenated alkanes) is 5. The van der Waals surface area contributed by atoms with Crippen LogP contribution < -0.4 is 0 Å². The van der Waals surface area contributed by atoms with Crippen molar-refractivity contribution in [2.45, 2.75) is 167 Å². The van der Waals surface area contributed by atoms with Gasteiger partial charge in [-0.1, -0.05) is 167 Å². The minimum absolute atomic E-state index is 0.918. The van der Waals surface area contributed by atoms with Gasteiger partial charge in [-0.05, 0) is 0 Å². The first kappa shape index (κ1) is 28.4. The summed E-state index contributed by atoms with van der Waals surface area (Å²) in [6.45, 7) is 14.5. The molecule has 0 radical (unpaired) electrons. The maximum absolute atomic E-state index is 2.42. The van der Waals surface area contributed by atoms with Gasteiger partial charge in [0.15, 0.2) is 0 Å². The minimum atomic E-state index is -0.918. The molecule has 0 aliphatic carbocycles. The number of rotatable bonds is 21. The molecule has 0 aromatic carbocycles. The summed E-state index contributed by atoms with van der Waals surface area (Å²) in [4.78, 5) is 0. The Morgan fingerprint density at radius 2 is 0.500 bits per heavy atom. The van der Waals surface area contributed by atoms with E-state index in [9.17, 15) is 0 Å². The molecule has 170 valence electrons. The van der Waals surface area contributed by atoms with Crippen LogP contribution in [0.2, 0.25) is 48.4 Å². The van der Waals surface area contributed by atoms with Gasteiger partial charge >= 0.3 is 0 Å². The van der Waals surface area contributed by atoms with E-state index in [1.54, 1.807) is 61.2 Å². The fourth-order valence-corrected chi connectivity index (χ4v) is 17.8. The van der Waals surface area contributed by atoms with Gasteiger partial charge in [0.2, 0.25) is 0 Å². The topological polar surface area (TPSA) is 0 Å².